The number of nitrogens with zero attached hydrogens (tertiary/aromatic N) is 8. The van der Waals surface area contributed by atoms with Crippen LogP contribution in [0.2, 0.25) is 0 Å². The molecule has 212 valence electrons. The van der Waals surface area contributed by atoms with Crippen molar-refractivity contribution in [3.05, 3.63) is 53.5 Å². The minimum absolute atomic E-state index is 0.163. The summed E-state index contributed by atoms with van der Waals surface area (Å²) < 4.78 is 48.3. The van der Waals surface area contributed by atoms with E-state index >= 15 is 0 Å². The molecule has 2 aliphatic rings. The molecule has 1 atom stereocenters. The van der Waals surface area contributed by atoms with E-state index in [9.17, 15) is 13.2 Å². The van der Waals surface area contributed by atoms with Crippen molar-refractivity contribution >= 4 is 5.69 Å². The van der Waals surface area contributed by atoms with Crippen LogP contribution >= 0.6 is 0 Å². The van der Waals surface area contributed by atoms with Crippen LogP contribution in [0.3, 0.4) is 0 Å². The molecule has 4 aromatic heterocycles. The maximum absolute atomic E-state index is 13.1. The first-order chi connectivity index (χ1) is 19.2. The van der Waals surface area contributed by atoms with Crippen LogP contribution in [0.4, 0.5) is 18.9 Å². The second-order valence-corrected chi connectivity index (χ2v) is 10.00. The van der Waals surface area contributed by atoms with Crippen molar-refractivity contribution < 1.29 is 17.9 Å². The van der Waals surface area contributed by atoms with Gasteiger partial charge >= 0.3 is 6.18 Å². The Labute approximate surface area is 231 Å². The lowest BCUT2D eigenvalue weighted by Gasteiger charge is -2.33. The van der Waals surface area contributed by atoms with Gasteiger partial charge in [0.2, 0.25) is 5.88 Å². The van der Waals surface area contributed by atoms with Gasteiger partial charge in [0, 0.05) is 56.5 Å². The largest absolute Gasteiger partial charge is 0.480 e. The molecule has 0 saturated heterocycles. The fourth-order valence-electron chi connectivity index (χ4n) is 5.40. The van der Waals surface area contributed by atoms with Gasteiger partial charge in [-0.05, 0) is 25.0 Å². The minimum Gasteiger partial charge on any atom is -0.480 e. The summed E-state index contributed by atoms with van der Waals surface area (Å²) in [6.45, 7) is 7.49. The van der Waals surface area contributed by atoms with E-state index in [1.807, 2.05) is 31.6 Å². The summed E-state index contributed by atoms with van der Waals surface area (Å²) in [4.78, 5) is 19.4. The zero-order valence-electron chi connectivity index (χ0n) is 23.5. The predicted molar refractivity (Wildman–Crippen MR) is 145 cm³/mol. The first-order valence-corrected chi connectivity index (χ1v) is 13.4. The number of imidazole rings is 1. The fourth-order valence-corrected chi connectivity index (χ4v) is 5.40. The van der Waals surface area contributed by atoms with Crippen LogP contribution in [-0.4, -0.2) is 47.9 Å². The molecule has 0 N–H and O–H groups in total. The first-order valence-electron chi connectivity index (χ1n) is 13.4. The number of aromatic nitrogens is 7. The Morgan fingerprint density at radius 1 is 1.05 bits per heavy atom. The molecule has 12 heteroatoms. The van der Waals surface area contributed by atoms with Crippen molar-refractivity contribution in [2.24, 2.45) is 14.1 Å². The third-order valence-corrected chi connectivity index (χ3v) is 7.25. The quantitative estimate of drug-likeness (QED) is 0.312. The second kappa shape index (κ2) is 10.5. The normalized spacial score (nSPS) is 16.8. The topological polar surface area (TPSA) is 86.8 Å². The SMILES string of the molecule is CC.COc1ncnc(C2CC2)c1-c1nn(C)c2c1CN(c1ccc(-c3nc(C(F)(F)F)cn3C)nc1)CC2C. The first kappa shape index (κ1) is 27.6. The second-order valence-electron chi connectivity index (χ2n) is 10.00. The number of alkyl halides is 3. The lowest BCUT2D eigenvalue weighted by Crippen LogP contribution is -2.33. The Balaban J connectivity index is 0.00000158. The summed E-state index contributed by atoms with van der Waals surface area (Å²) in [6, 6.07) is 3.58. The van der Waals surface area contributed by atoms with Crippen LogP contribution in [0, 0.1) is 0 Å². The Hall–Kier alpha value is -3.96. The van der Waals surface area contributed by atoms with E-state index in [0.29, 0.717) is 24.0 Å². The highest BCUT2D eigenvalue weighted by Gasteiger charge is 2.37. The Morgan fingerprint density at radius 2 is 1.80 bits per heavy atom. The molecule has 40 heavy (non-hydrogen) atoms. The third kappa shape index (κ3) is 4.90. The molecule has 1 aliphatic carbocycles. The van der Waals surface area contributed by atoms with Gasteiger partial charge in [-0.1, -0.05) is 20.8 Å². The van der Waals surface area contributed by atoms with E-state index < -0.39 is 11.9 Å². The summed E-state index contributed by atoms with van der Waals surface area (Å²) in [5.74, 6) is 1.24. The zero-order valence-corrected chi connectivity index (χ0v) is 23.5. The molecule has 5 heterocycles. The highest BCUT2D eigenvalue weighted by atomic mass is 19.4. The van der Waals surface area contributed by atoms with Gasteiger partial charge in [-0.3, -0.25) is 9.67 Å². The summed E-state index contributed by atoms with van der Waals surface area (Å²) in [5.41, 5.74) is 5.20. The molecule has 1 saturated carbocycles. The van der Waals surface area contributed by atoms with Crippen molar-refractivity contribution in [2.45, 2.75) is 58.2 Å². The van der Waals surface area contributed by atoms with Gasteiger partial charge in [0.15, 0.2) is 11.5 Å². The zero-order chi connectivity index (χ0) is 28.8. The molecular formula is C28H33F3N8O. The molecule has 1 fully saturated rings. The molecule has 1 aliphatic heterocycles. The lowest BCUT2D eigenvalue weighted by atomic mass is 9.93. The Morgan fingerprint density at radius 3 is 2.40 bits per heavy atom. The van der Waals surface area contributed by atoms with Crippen molar-refractivity contribution in [1.29, 1.82) is 0 Å². The molecule has 0 spiro atoms. The van der Waals surface area contributed by atoms with Crippen molar-refractivity contribution in [3.63, 3.8) is 0 Å². The summed E-state index contributed by atoms with van der Waals surface area (Å²) in [6.07, 6.45) is 1.87. The lowest BCUT2D eigenvalue weighted by molar-refractivity contribution is -0.140. The molecule has 0 radical (unpaired) electrons. The fraction of sp³-hybridized carbons (Fsp3) is 0.464. The molecule has 1 unspecified atom stereocenters. The minimum atomic E-state index is -4.51. The smallest absolute Gasteiger partial charge is 0.434 e. The van der Waals surface area contributed by atoms with Crippen LogP contribution in [0.5, 0.6) is 5.88 Å². The summed E-state index contributed by atoms with van der Waals surface area (Å²) in [7, 11) is 5.10. The molecule has 4 aromatic rings. The molecule has 9 nitrogen and oxygen atoms in total. The monoisotopic (exact) mass is 554 g/mol. The number of rotatable bonds is 5. The number of fused-ring (bicyclic) bond motifs is 1. The average Bonchev–Trinajstić information content (AvgIpc) is 3.63. The van der Waals surface area contributed by atoms with Crippen LogP contribution in [0.1, 0.15) is 68.1 Å². The van der Waals surface area contributed by atoms with E-state index in [2.05, 4.69) is 31.8 Å². The Kier molecular flexibility index (Phi) is 7.28. The van der Waals surface area contributed by atoms with Gasteiger partial charge in [0.25, 0.3) is 0 Å². The van der Waals surface area contributed by atoms with Gasteiger partial charge in [-0.25, -0.2) is 15.0 Å². The van der Waals surface area contributed by atoms with Crippen molar-refractivity contribution in [1.82, 2.24) is 34.3 Å². The maximum Gasteiger partial charge on any atom is 0.434 e. The van der Waals surface area contributed by atoms with Gasteiger partial charge in [-0.2, -0.15) is 18.3 Å². The summed E-state index contributed by atoms with van der Waals surface area (Å²) >= 11 is 0. The van der Waals surface area contributed by atoms with Crippen LogP contribution in [0.15, 0.2) is 30.9 Å². The number of pyridine rings is 1. The molecule has 0 aromatic carbocycles. The van der Waals surface area contributed by atoms with E-state index in [4.69, 9.17) is 9.84 Å². The van der Waals surface area contributed by atoms with Crippen LogP contribution in [-0.2, 0) is 26.8 Å². The Bertz CT molecular complexity index is 1510. The van der Waals surface area contributed by atoms with Crippen molar-refractivity contribution in [3.8, 4) is 28.7 Å². The van der Waals surface area contributed by atoms with Crippen LogP contribution in [0.25, 0.3) is 22.8 Å². The highest BCUT2D eigenvalue weighted by Crippen LogP contribution is 2.47. The number of hydrogen-bond acceptors (Lipinski definition) is 7. The van der Waals surface area contributed by atoms with Crippen molar-refractivity contribution in [2.75, 3.05) is 18.6 Å². The maximum atomic E-state index is 13.1. The molecule has 6 rings (SSSR count). The standard InChI is InChI=1S/C26H27F3N8O.C2H6/c1-14-10-37(16-7-8-18(30-9-16)24-33-19(12-35(24)2)26(27,28)29)11-17-22(34-36(3)23(14)17)20-21(15-5-6-15)31-13-32-25(20)38-4;1-2/h7-9,12-15H,5-6,10-11H2,1-4H3;1-2H3. The van der Waals surface area contributed by atoms with E-state index in [-0.39, 0.29) is 11.7 Å². The number of ether oxygens (including phenoxy) is 1. The van der Waals surface area contributed by atoms with Gasteiger partial charge < -0.3 is 14.2 Å². The number of halogens is 3. The molecular weight excluding hydrogens is 521 g/mol. The summed E-state index contributed by atoms with van der Waals surface area (Å²) in [5, 5.41) is 4.92. The number of anilines is 1. The molecule has 0 bridgehead atoms. The van der Waals surface area contributed by atoms with Crippen LogP contribution < -0.4 is 9.64 Å². The third-order valence-electron chi connectivity index (χ3n) is 7.25. The van der Waals surface area contributed by atoms with E-state index in [1.54, 1.807) is 25.7 Å². The van der Waals surface area contributed by atoms with Gasteiger partial charge in [-0.15, -0.1) is 0 Å². The number of aryl methyl sites for hydroxylation is 2. The average molecular weight is 555 g/mol. The molecule has 0 amide bonds. The highest BCUT2D eigenvalue weighted by molar-refractivity contribution is 5.73. The number of hydrogen-bond donors (Lipinski definition) is 0. The van der Waals surface area contributed by atoms with Gasteiger partial charge in [0.05, 0.1) is 30.3 Å². The number of methoxy groups -OCH3 is 1. The van der Waals surface area contributed by atoms with E-state index in [0.717, 1.165) is 59.5 Å². The van der Waals surface area contributed by atoms with E-state index in [1.165, 1.54) is 11.6 Å². The predicted octanol–water partition coefficient (Wildman–Crippen LogP) is 5.73. The van der Waals surface area contributed by atoms with Gasteiger partial charge in [0.1, 0.15) is 17.7 Å².